The highest BCUT2D eigenvalue weighted by atomic mass is 16.3. The van der Waals surface area contributed by atoms with Gasteiger partial charge in [-0.1, -0.05) is 110 Å². The summed E-state index contributed by atoms with van der Waals surface area (Å²) in [5.74, 6) is 0. The molecule has 0 bridgehead atoms. The molecule has 0 aliphatic carbocycles. The Morgan fingerprint density at radius 2 is 0.679 bits per heavy atom. The van der Waals surface area contributed by atoms with Crippen LogP contribution in [0.4, 0.5) is 0 Å². The zero-order valence-corrected chi connectivity index (χ0v) is 19.3. The van der Waals surface area contributed by atoms with Crippen molar-refractivity contribution in [3.05, 3.63) is 0 Å². The fourth-order valence-corrected chi connectivity index (χ4v) is 3.98. The van der Waals surface area contributed by atoms with E-state index < -0.39 is 0 Å². The van der Waals surface area contributed by atoms with Crippen LogP contribution in [-0.4, -0.2) is 48.0 Å². The fraction of sp³-hybridized carbons (Fsp3) is 1.00. The minimum Gasteiger partial charge on any atom is -0.396 e. The Kier molecular flexibility index (Phi) is 24.8. The van der Waals surface area contributed by atoms with E-state index in [1.165, 1.54) is 109 Å². The number of rotatable bonds is 24. The summed E-state index contributed by atoms with van der Waals surface area (Å²) < 4.78 is 0. The number of aliphatic hydroxyl groups excluding tert-OH is 2. The molecule has 0 saturated carbocycles. The predicted octanol–water partition coefficient (Wildman–Crippen LogP) is 6.70. The van der Waals surface area contributed by atoms with Crippen LogP contribution >= 0.6 is 0 Å². The number of hydrogen-bond donors (Lipinski definition) is 2. The normalized spacial score (nSPS) is 11.6. The second-order valence-corrected chi connectivity index (χ2v) is 8.65. The molecule has 0 saturated heterocycles. The lowest BCUT2D eigenvalue weighted by molar-refractivity contribution is 0.199. The molecule has 0 amide bonds. The summed E-state index contributed by atoms with van der Waals surface area (Å²) in [6, 6.07) is 0. The summed E-state index contributed by atoms with van der Waals surface area (Å²) in [5, 5.41) is 18.0. The largest absolute Gasteiger partial charge is 0.396 e. The molecule has 0 aromatic rings. The van der Waals surface area contributed by atoms with E-state index in [1.54, 1.807) is 0 Å². The minimum absolute atomic E-state index is 0.272. The van der Waals surface area contributed by atoms with Gasteiger partial charge >= 0.3 is 0 Å². The van der Waals surface area contributed by atoms with E-state index in [2.05, 4.69) is 11.8 Å². The molecular weight excluding hydrogens is 346 g/mol. The molecule has 0 aliphatic heterocycles. The van der Waals surface area contributed by atoms with Gasteiger partial charge in [-0.25, -0.2) is 0 Å². The first-order valence-corrected chi connectivity index (χ1v) is 12.8. The maximum atomic E-state index is 8.98. The van der Waals surface area contributed by atoms with Crippen molar-refractivity contribution in [2.45, 2.75) is 129 Å². The van der Waals surface area contributed by atoms with Gasteiger partial charge in [-0.2, -0.15) is 0 Å². The first-order valence-electron chi connectivity index (χ1n) is 12.8. The molecule has 0 aromatic heterocycles. The van der Waals surface area contributed by atoms with Crippen LogP contribution in [0, 0.1) is 0 Å². The highest BCUT2D eigenvalue weighted by Gasteiger charge is 2.03. The number of aliphatic hydroxyl groups is 2. The smallest absolute Gasteiger partial charge is 0.0443 e. The summed E-state index contributed by atoms with van der Waals surface area (Å²) in [6.07, 6.45) is 25.7. The van der Waals surface area contributed by atoms with E-state index in [9.17, 15) is 0 Å². The average molecular weight is 400 g/mol. The number of nitrogens with zero attached hydrogens (tertiary/aromatic N) is 1. The molecule has 0 atom stereocenters. The summed E-state index contributed by atoms with van der Waals surface area (Å²) in [7, 11) is 0. The van der Waals surface area contributed by atoms with Crippen LogP contribution in [0.15, 0.2) is 0 Å². The van der Waals surface area contributed by atoms with Crippen LogP contribution in [-0.2, 0) is 0 Å². The summed E-state index contributed by atoms with van der Waals surface area (Å²) in [5.41, 5.74) is 0. The monoisotopic (exact) mass is 399 g/mol. The van der Waals surface area contributed by atoms with Crippen molar-refractivity contribution in [2.24, 2.45) is 0 Å². The maximum absolute atomic E-state index is 8.98. The standard InChI is InChI=1S/C25H53NO2/c1-2-3-4-5-6-7-8-9-10-11-12-13-14-15-16-17-18-21-26(22-19-24-27)23-20-25-28/h27-28H,2-25H2,1H3. The summed E-state index contributed by atoms with van der Waals surface area (Å²) in [6.45, 7) is 5.89. The Labute approximate surface area is 177 Å². The van der Waals surface area contributed by atoms with Gasteiger partial charge in [0.05, 0.1) is 0 Å². The molecular formula is C25H53NO2. The Balaban J connectivity index is 3.23. The zero-order valence-electron chi connectivity index (χ0n) is 19.3. The van der Waals surface area contributed by atoms with E-state index in [-0.39, 0.29) is 13.2 Å². The van der Waals surface area contributed by atoms with E-state index in [4.69, 9.17) is 10.2 Å². The van der Waals surface area contributed by atoms with Gasteiger partial charge in [0.1, 0.15) is 0 Å². The molecule has 0 rings (SSSR count). The highest BCUT2D eigenvalue weighted by molar-refractivity contribution is 4.59. The average Bonchev–Trinajstić information content (AvgIpc) is 2.71. The maximum Gasteiger partial charge on any atom is 0.0443 e. The molecule has 0 heterocycles. The van der Waals surface area contributed by atoms with Crippen LogP contribution in [0.1, 0.15) is 129 Å². The molecule has 2 N–H and O–H groups in total. The summed E-state index contributed by atoms with van der Waals surface area (Å²) in [4.78, 5) is 2.40. The van der Waals surface area contributed by atoms with Crippen LogP contribution in [0.3, 0.4) is 0 Å². The van der Waals surface area contributed by atoms with Gasteiger partial charge in [0.15, 0.2) is 0 Å². The third kappa shape index (κ3) is 22.2. The second kappa shape index (κ2) is 24.9. The number of unbranched alkanes of at least 4 members (excludes halogenated alkanes) is 16. The van der Waals surface area contributed by atoms with Crippen molar-refractivity contribution in [1.29, 1.82) is 0 Å². The Bertz CT molecular complexity index is 265. The number of hydrogen-bond acceptors (Lipinski definition) is 3. The molecule has 3 heteroatoms. The van der Waals surface area contributed by atoms with Crippen LogP contribution < -0.4 is 0 Å². The molecule has 3 nitrogen and oxygen atoms in total. The van der Waals surface area contributed by atoms with Gasteiger partial charge in [0.2, 0.25) is 0 Å². The lowest BCUT2D eigenvalue weighted by atomic mass is 10.0. The molecule has 28 heavy (non-hydrogen) atoms. The lowest BCUT2D eigenvalue weighted by Gasteiger charge is -2.21. The van der Waals surface area contributed by atoms with Crippen molar-refractivity contribution in [3.63, 3.8) is 0 Å². The predicted molar refractivity (Wildman–Crippen MR) is 124 cm³/mol. The van der Waals surface area contributed by atoms with Crippen LogP contribution in [0.25, 0.3) is 0 Å². The first-order chi connectivity index (χ1) is 13.8. The molecule has 0 fully saturated rings. The van der Waals surface area contributed by atoms with Crippen molar-refractivity contribution in [1.82, 2.24) is 4.90 Å². The van der Waals surface area contributed by atoms with Gasteiger partial charge in [-0.05, 0) is 25.8 Å². The highest BCUT2D eigenvalue weighted by Crippen LogP contribution is 2.14. The zero-order chi connectivity index (χ0) is 20.5. The van der Waals surface area contributed by atoms with Crippen molar-refractivity contribution in [3.8, 4) is 0 Å². The quantitative estimate of drug-likeness (QED) is 0.177. The third-order valence-electron chi connectivity index (χ3n) is 5.84. The van der Waals surface area contributed by atoms with E-state index in [1.807, 2.05) is 0 Å². The molecule has 0 spiro atoms. The molecule has 0 aliphatic rings. The Morgan fingerprint density at radius 1 is 0.393 bits per heavy atom. The SMILES string of the molecule is CCCCCCCCCCCCCCCCCCCN(CCCO)CCCO. The Hall–Kier alpha value is -0.120. The first kappa shape index (κ1) is 27.9. The van der Waals surface area contributed by atoms with Gasteiger partial charge in [0.25, 0.3) is 0 Å². The van der Waals surface area contributed by atoms with Gasteiger partial charge in [-0.15, -0.1) is 0 Å². The van der Waals surface area contributed by atoms with Gasteiger partial charge < -0.3 is 15.1 Å². The van der Waals surface area contributed by atoms with Gasteiger partial charge in [-0.3, -0.25) is 0 Å². The van der Waals surface area contributed by atoms with Crippen molar-refractivity contribution < 1.29 is 10.2 Å². The van der Waals surface area contributed by atoms with E-state index in [0.717, 1.165) is 32.5 Å². The Morgan fingerprint density at radius 3 is 1.00 bits per heavy atom. The summed E-state index contributed by atoms with van der Waals surface area (Å²) >= 11 is 0. The van der Waals surface area contributed by atoms with Crippen molar-refractivity contribution in [2.75, 3.05) is 32.8 Å². The van der Waals surface area contributed by atoms with Crippen molar-refractivity contribution >= 4 is 0 Å². The minimum atomic E-state index is 0.272. The van der Waals surface area contributed by atoms with Crippen LogP contribution in [0.5, 0.6) is 0 Å². The topological polar surface area (TPSA) is 43.7 Å². The lowest BCUT2D eigenvalue weighted by Crippen LogP contribution is -2.28. The second-order valence-electron chi connectivity index (χ2n) is 8.65. The molecule has 0 radical (unpaired) electrons. The van der Waals surface area contributed by atoms with E-state index >= 15 is 0 Å². The molecule has 170 valence electrons. The van der Waals surface area contributed by atoms with E-state index in [0.29, 0.717) is 0 Å². The van der Waals surface area contributed by atoms with Gasteiger partial charge in [0, 0.05) is 26.3 Å². The molecule has 0 unspecified atom stereocenters. The van der Waals surface area contributed by atoms with Crippen LogP contribution in [0.2, 0.25) is 0 Å². The fourth-order valence-electron chi connectivity index (χ4n) is 3.98. The molecule has 0 aromatic carbocycles. The third-order valence-corrected chi connectivity index (χ3v) is 5.84.